The molecule has 0 aromatic heterocycles. The van der Waals surface area contributed by atoms with Crippen LogP contribution in [0.1, 0.15) is 39.1 Å². The van der Waals surface area contributed by atoms with Crippen LogP contribution in [-0.2, 0) is 6.42 Å². The number of ketones is 1. The number of carbonyl (C=O) groups is 2. The number of methoxy groups -OCH3 is 1. The Balaban J connectivity index is 1.75. The Bertz CT molecular complexity index is 1000. The zero-order valence-electron chi connectivity index (χ0n) is 16.2. The van der Waals surface area contributed by atoms with Gasteiger partial charge in [0.1, 0.15) is 11.6 Å². The number of benzene rings is 3. The number of ether oxygens (including phenoxy) is 1. The molecule has 0 atom stereocenters. The summed E-state index contributed by atoms with van der Waals surface area (Å²) in [4.78, 5) is 25.3. The van der Waals surface area contributed by atoms with E-state index in [1.165, 1.54) is 30.9 Å². The number of hydrogen-bond donors (Lipinski definition) is 1. The van der Waals surface area contributed by atoms with E-state index in [9.17, 15) is 14.0 Å². The first-order valence-corrected chi connectivity index (χ1v) is 9.39. The van der Waals surface area contributed by atoms with Crippen molar-refractivity contribution in [3.63, 3.8) is 0 Å². The summed E-state index contributed by atoms with van der Waals surface area (Å²) in [6.07, 6.45) is 1.82. The van der Waals surface area contributed by atoms with Gasteiger partial charge in [-0.25, -0.2) is 4.39 Å². The van der Waals surface area contributed by atoms with Gasteiger partial charge >= 0.3 is 0 Å². The van der Waals surface area contributed by atoms with Gasteiger partial charge in [-0.15, -0.1) is 0 Å². The van der Waals surface area contributed by atoms with E-state index in [0.717, 1.165) is 6.42 Å². The van der Waals surface area contributed by atoms with Gasteiger partial charge in [-0.1, -0.05) is 42.5 Å². The Labute approximate surface area is 169 Å². The third-order valence-electron chi connectivity index (χ3n) is 4.61. The monoisotopic (exact) mass is 391 g/mol. The van der Waals surface area contributed by atoms with Gasteiger partial charge in [-0.05, 0) is 42.7 Å². The van der Waals surface area contributed by atoms with Crippen LogP contribution < -0.4 is 10.1 Å². The van der Waals surface area contributed by atoms with Gasteiger partial charge in [0.2, 0.25) is 0 Å². The molecule has 0 bridgehead atoms. The number of Topliss-reactive ketones (excluding diaryl/α,β-unsaturated/α-hetero) is 1. The van der Waals surface area contributed by atoms with Crippen molar-refractivity contribution in [2.75, 3.05) is 12.4 Å². The zero-order valence-corrected chi connectivity index (χ0v) is 16.2. The summed E-state index contributed by atoms with van der Waals surface area (Å²) < 4.78 is 19.1. The number of halogens is 1. The molecule has 0 unspecified atom stereocenters. The lowest BCUT2D eigenvalue weighted by molar-refractivity contribution is 0.0981. The highest BCUT2D eigenvalue weighted by molar-refractivity contribution is 6.09. The number of aryl methyl sites for hydroxylation is 1. The highest BCUT2D eigenvalue weighted by atomic mass is 19.1. The minimum atomic E-state index is -0.622. The largest absolute Gasteiger partial charge is 0.497 e. The van der Waals surface area contributed by atoms with Crippen LogP contribution in [-0.4, -0.2) is 18.8 Å². The molecule has 3 aromatic carbocycles. The quantitative estimate of drug-likeness (QED) is 0.531. The highest BCUT2D eigenvalue weighted by Gasteiger charge is 2.17. The van der Waals surface area contributed by atoms with Gasteiger partial charge in [-0.3, -0.25) is 9.59 Å². The van der Waals surface area contributed by atoms with Crippen LogP contribution in [0.15, 0.2) is 72.8 Å². The molecule has 0 saturated heterocycles. The number of anilines is 1. The van der Waals surface area contributed by atoms with Crippen LogP contribution >= 0.6 is 0 Å². The number of nitrogens with one attached hydrogen (secondary N) is 1. The van der Waals surface area contributed by atoms with E-state index in [1.807, 2.05) is 30.3 Å². The SMILES string of the molecule is COc1ccc(C(=O)CCCc2ccccc2)c(NC(=O)c2ccccc2F)c1. The highest BCUT2D eigenvalue weighted by Crippen LogP contribution is 2.25. The molecule has 1 amide bonds. The van der Waals surface area contributed by atoms with E-state index in [2.05, 4.69) is 5.32 Å². The summed E-state index contributed by atoms with van der Waals surface area (Å²) in [5.74, 6) is -0.833. The Kier molecular flexibility index (Phi) is 6.74. The van der Waals surface area contributed by atoms with Crippen LogP contribution in [0.2, 0.25) is 0 Å². The van der Waals surface area contributed by atoms with E-state index in [0.29, 0.717) is 29.8 Å². The summed E-state index contributed by atoms with van der Waals surface area (Å²) in [6.45, 7) is 0. The molecular formula is C24H22FNO3. The van der Waals surface area contributed by atoms with Crippen LogP contribution in [0.5, 0.6) is 5.75 Å². The molecule has 0 saturated carbocycles. The first-order chi connectivity index (χ1) is 14.1. The maximum Gasteiger partial charge on any atom is 0.258 e. The lowest BCUT2D eigenvalue weighted by Crippen LogP contribution is -2.16. The normalized spacial score (nSPS) is 10.4. The minimum absolute atomic E-state index is 0.0854. The third kappa shape index (κ3) is 5.29. The van der Waals surface area contributed by atoms with Gasteiger partial charge < -0.3 is 10.1 Å². The molecule has 4 nitrogen and oxygen atoms in total. The number of rotatable bonds is 8. The van der Waals surface area contributed by atoms with E-state index in [1.54, 1.807) is 24.3 Å². The molecule has 3 rings (SSSR count). The van der Waals surface area contributed by atoms with Crippen molar-refractivity contribution in [1.82, 2.24) is 0 Å². The molecule has 0 aliphatic carbocycles. The Morgan fingerprint density at radius 3 is 2.38 bits per heavy atom. The number of hydrogen-bond acceptors (Lipinski definition) is 3. The Morgan fingerprint density at radius 1 is 0.931 bits per heavy atom. The molecule has 3 aromatic rings. The molecule has 0 heterocycles. The molecular weight excluding hydrogens is 369 g/mol. The smallest absolute Gasteiger partial charge is 0.258 e. The van der Waals surface area contributed by atoms with E-state index in [4.69, 9.17) is 4.74 Å². The standard InChI is InChI=1S/C24H22FNO3/c1-29-18-14-15-20(23(27)13-7-10-17-8-3-2-4-9-17)22(16-18)26-24(28)19-11-5-6-12-21(19)25/h2-6,8-9,11-12,14-16H,7,10,13H2,1H3,(H,26,28). The van der Waals surface area contributed by atoms with E-state index < -0.39 is 11.7 Å². The third-order valence-corrected chi connectivity index (χ3v) is 4.61. The maximum atomic E-state index is 13.9. The van der Waals surface area contributed by atoms with Gasteiger partial charge in [-0.2, -0.15) is 0 Å². The van der Waals surface area contributed by atoms with Crippen molar-refractivity contribution in [3.05, 3.63) is 95.3 Å². The Hall–Kier alpha value is -3.47. The molecule has 1 N–H and O–H groups in total. The second kappa shape index (κ2) is 9.64. The minimum Gasteiger partial charge on any atom is -0.497 e. The molecule has 29 heavy (non-hydrogen) atoms. The number of amides is 1. The molecule has 0 fully saturated rings. The van der Waals surface area contributed by atoms with Crippen molar-refractivity contribution < 1.29 is 18.7 Å². The van der Waals surface area contributed by atoms with Crippen molar-refractivity contribution >= 4 is 17.4 Å². The van der Waals surface area contributed by atoms with Crippen LogP contribution in [0.3, 0.4) is 0 Å². The first kappa shape index (κ1) is 20.3. The summed E-state index contributed by atoms with van der Waals surface area (Å²) in [6, 6.07) is 20.5. The molecule has 5 heteroatoms. The maximum absolute atomic E-state index is 13.9. The van der Waals surface area contributed by atoms with Crippen molar-refractivity contribution in [2.24, 2.45) is 0 Å². The van der Waals surface area contributed by atoms with Crippen LogP contribution in [0.25, 0.3) is 0 Å². The molecule has 0 aliphatic rings. The van der Waals surface area contributed by atoms with E-state index >= 15 is 0 Å². The fourth-order valence-corrected chi connectivity index (χ4v) is 3.06. The van der Waals surface area contributed by atoms with Gasteiger partial charge in [0.15, 0.2) is 5.78 Å². The number of carbonyl (C=O) groups excluding carboxylic acids is 2. The molecule has 0 radical (unpaired) electrons. The van der Waals surface area contributed by atoms with Crippen LogP contribution in [0.4, 0.5) is 10.1 Å². The second-order valence-corrected chi connectivity index (χ2v) is 6.61. The fraction of sp³-hybridized carbons (Fsp3) is 0.167. The summed E-state index contributed by atoms with van der Waals surface area (Å²) in [5.41, 5.74) is 1.77. The van der Waals surface area contributed by atoms with Crippen LogP contribution in [0, 0.1) is 5.82 Å². The predicted octanol–water partition coefficient (Wildman–Crippen LogP) is 5.29. The van der Waals surface area contributed by atoms with Crippen molar-refractivity contribution in [3.8, 4) is 5.75 Å². The summed E-state index contributed by atoms with van der Waals surface area (Å²) in [7, 11) is 1.50. The first-order valence-electron chi connectivity index (χ1n) is 9.39. The second-order valence-electron chi connectivity index (χ2n) is 6.61. The summed E-state index contributed by atoms with van der Waals surface area (Å²) in [5, 5.41) is 2.65. The average molecular weight is 391 g/mol. The van der Waals surface area contributed by atoms with Crippen molar-refractivity contribution in [2.45, 2.75) is 19.3 Å². The van der Waals surface area contributed by atoms with Gasteiger partial charge in [0, 0.05) is 18.1 Å². The lowest BCUT2D eigenvalue weighted by atomic mass is 10.0. The zero-order chi connectivity index (χ0) is 20.6. The lowest BCUT2D eigenvalue weighted by Gasteiger charge is -2.13. The molecule has 148 valence electrons. The van der Waals surface area contributed by atoms with Crippen molar-refractivity contribution in [1.29, 1.82) is 0 Å². The summed E-state index contributed by atoms with van der Waals surface area (Å²) >= 11 is 0. The van der Waals surface area contributed by atoms with Gasteiger partial charge in [0.25, 0.3) is 5.91 Å². The Morgan fingerprint density at radius 2 is 1.66 bits per heavy atom. The van der Waals surface area contributed by atoms with E-state index in [-0.39, 0.29) is 11.3 Å². The van der Waals surface area contributed by atoms with Gasteiger partial charge in [0.05, 0.1) is 18.4 Å². The molecule has 0 aliphatic heterocycles. The fourth-order valence-electron chi connectivity index (χ4n) is 3.06. The average Bonchev–Trinajstić information content (AvgIpc) is 2.74. The molecule has 0 spiro atoms. The topological polar surface area (TPSA) is 55.4 Å². The predicted molar refractivity (Wildman–Crippen MR) is 111 cm³/mol.